The summed E-state index contributed by atoms with van der Waals surface area (Å²) in [5.74, 6) is -0.707. The first kappa shape index (κ1) is 72.7. The van der Waals surface area contributed by atoms with Gasteiger partial charge in [-0.3, -0.25) is 13.8 Å². The topological polar surface area (TPSA) is 201 Å². The largest absolute Gasteiger partial charge is 0.483 e. The van der Waals surface area contributed by atoms with Crippen molar-refractivity contribution in [3.8, 4) is 0 Å². The fraction of sp³-hybridized carbons (Fsp3) is 0.635. The summed E-state index contributed by atoms with van der Waals surface area (Å²) >= 11 is 0. The Bertz CT molecular complexity index is 2260. The zero-order valence-electron chi connectivity index (χ0n) is 50.3. The number of aliphatic hydroxyl groups is 3. The molecule has 0 aromatic rings. The number of hydrogen-bond donors (Lipinski definition) is 6. The Kier molecular flexibility index (Phi) is 38.1. The summed E-state index contributed by atoms with van der Waals surface area (Å²) in [6, 6.07) is -1.58. The summed E-state index contributed by atoms with van der Waals surface area (Å²) in [7, 11) is -10.6. The van der Waals surface area contributed by atoms with E-state index in [4.69, 9.17) is 13.8 Å². The first-order valence-electron chi connectivity index (χ1n) is 28.5. The van der Waals surface area contributed by atoms with Crippen LogP contribution in [0.4, 0.5) is 0 Å². The molecule has 0 spiro atoms. The molecule has 3 unspecified atom stereocenters. The molecule has 444 valence electrons. The van der Waals surface area contributed by atoms with Crippen molar-refractivity contribution in [2.75, 3.05) is 13.2 Å². The number of carbonyl (C=O) groups is 1. The highest BCUT2D eigenvalue weighted by molar-refractivity contribution is 7.61. The number of phosphoric ester groups is 2. The van der Waals surface area contributed by atoms with Crippen molar-refractivity contribution >= 4 is 21.6 Å². The summed E-state index contributed by atoms with van der Waals surface area (Å²) in [5.41, 5.74) is 15.3. The second-order valence-electron chi connectivity index (χ2n) is 22.0. The van der Waals surface area contributed by atoms with Crippen LogP contribution >= 0.6 is 15.6 Å². The number of allylic oxidation sites excluding steroid dienone is 21. The average molecular weight is 1130 g/mol. The third-order valence-electron chi connectivity index (χ3n) is 13.7. The number of phosphoric acid groups is 2. The van der Waals surface area contributed by atoms with Crippen LogP contribution in [0.1, 0.15) is 218 Å². The lowest BCUT2D eigenvalue weighted by atomic mass is 9.97. The molecule has 78 heavy (non-hydrogen) atoms. The van der Waals surface area contributed by atoms with Gasteiger partial charge in [-0.1, -0.05) is 128 Å². The van der Waals surface area contributed by atoms with Gasteiger partial charge < -0.3 is 35.2 Å². The van der Waals surface area contributed by atoms with E-state index < -0.39 is 65.4 Å². The van der Waals surface area contributed by atoms with Crippen molar-refractivity contribution in [2.24, 2.45) is 0 Å². The van der Waals surface area contributed by atoms with Gasteiger partial charge in [-0.2, -0.15) is 4.31 Å². The highest BCUT2D eigenvalue weighted by atomic mass is 31.3. The van der Waals surface area contributed by atoms with Gasteiger partial charge >= 0.3 is 15.6 Å². The van der Waals surface area contributed by atoms with Crippen LogP contribution in [-0.2, 0) is 32.0 Å². The smallest absolute Gasteiger partial charge is 0.394 e. The maximum absolute atomic E-state index is 12.6. The summed E-state index contributed by atoms with van der Waals surface area (Å²) in [6.45, 7) is 26.2. The first-order chi connectivity index (χ1) is 36.7. The number of amides is 1. The number of nitrogens with one attached hydrogen (secondary N) is 1. The molecular weight excluding hydrogens is 1020 g/mol. The molecule has 15 heteroatoms. The van der Waals surface area contributed by atoms with Crippen LogP contribution in [0.15, 0.2) is 128 Å². The number of carbonyl (C=O) groups excluding carboxylic acids is 1. The fourth-order valence-electron chi connectivity index (χ4n) is 8.66. The van der Waals surface area contributed by atoms with Gasteiger partial charge in [0.15, 0.2) is 6.29 Å². The zero-order chi connectivity index (χ0) is 58.7. The van der Waals surface area contributed by atoms with Crippen molar-refractivity contribution in [3.05, 3.63) is 128 Å². The molecule has 1 saturated heterocycles. The van der Waals surface area contributed by atoms with E-state index in [0.717, 1.165) is 128 Å². The van der Waals surface area contributed by atoms with Gasteiger partial charge in [0.1, 0.15) is 24.4 Å². The minimum absolute atomic E-state index is 0.407. The monoisotopic (exact) mass is 1130 g/mol. The molecular formula is C63H105NO12P2. The predicted molar refractivity (Wildman–Crippen MR) is 322 cm³/mol. The first-order valence-corrected chi connectivity index (χ1v) is 31.5. The third kappa shape index (κ3) is 36.9. The van der Waals surface area contributed by atoms with Crippen molar-refractivity contribution < 1.29 is 57.1 Å². The van der Waals surface area contributed by atoms with E-state index in [1.54, 1.807) is 6.08 Å². The molecule has 1 amide bonds. The van der Waals surface area contributed by atoms with Crippen LogP contribution < -0.4 is 5.32 Å². The van der Waals surface area contributed by atoms with E-state index in [0.29, 0.717) is 6.42 Å². The predicted octanol–water partition coefficient (Wildman–Crippen LogP) is 16.4. The van der Waals surface area contributed by atoms with E-state index >= 15 is 0 Å². The molecule has 0 bridgehead atoms. The second-order valence-corrected chi connectivity index (χ2v) is 25.0. The minimum atomic E-state index is -5.42. The van der Waals surface area contributed by atoms with Gasteiger partial charge in [0.25, 0.3) is 0 Å². The molecule has 1 aliphatic rings. The van der Waals surface area contributed by atoms with Crippen LogP contribution in [0.25, 0.3) is 0 Å². The lowest BCUT2D eigenvalue weighted by Crippen LogP contribution is -2.64. The second kappa shape index (κ2) is 40.8. The van der Waals surface area contributed by atoms with Gasteiger partial charge in [0.2, 0.25) is 5.91 Å². The fourth-order valence-corrected chi connectivity index (χ4v) is 10.8. The Hall–Kier alpha value is -3.29. The van der Waals surface area contributed by atoms with Crippen LogP contribution in [0.2, 0.25) is 0 Å². The quantitative estimate of drug-likeness (QED) is 0.0252. The number of ether oxygens (including phenoxy) is 1. The van der Waals surface area contributed by atoms with Gasteiger partial charge in [0.05, 0.1) is 13.2 Å². The molecule has 0 aromatic heterocycles. The number of hydrogen-bond acceptors (Lipinski definition) is 10. The molecule has 7 atom stereocenters. The van der Waals surface area contributed by atoms with E-state index in [9.17, 15) is 39.0 Å². The Balaban J connectivity index is 2.33. The van der Waals surface area contributed by atoms with Crippen LogP contribution in [0.3, 0.4) is 0 Å². The van der Waals surface area contributed by atoms with Gasteiger partial charge in [0, 0.05) is 6.92 Å². The van der Waals surface area contributed by atoms with Crippen molar-refractivity contribution in [1.29, 1.82) is 0 Å². The normalized spacial score (nSPS) is 21.6. The molecule has 1 fully saturated rings. The Labute approximate surface area is 472 Å². The average Bonchev–Trinajstić information content (AvgIpc) is 3.33. The minimum Gasteiger partial charge on any atom is -0.394 e. The summed E-state index contributed by atoms with van der Waals surface area (Å²) in [5, 5.41) is 32.1. The lowest BCUT2D eigenvalue weighted by molar-refractivity contribution is -0.247. The SMILES string of the molecule is CC(=O)N[C@H]1C(OP(=O)(O)OP(=O)(O)OC/C=C(/C)CC/C=C(/C)CC/C=C(/C)CC/C=C(/C)CC/C=C(/C)CC/C=C(/C)CC/C=C(/C)CC/C=C(/C)CC/C=C(\C)CC/C=C(\C)CCC=C(C)C)O[C@H](CO)[C@@H](O)[C@@H]1O. The van der Waals surface area contributed by atoms with Gasteiger partial charge in [-0.05, 0) is 212 Å². The van der Waals surface area contributed by atoms with E-state index in [1.807, 2.05) is 6.92 Å². The van der Waals surface area contributed by atoms with E-state index in [1.165, 1.54) is 62.2 Å². The number of rotatable bonds is 39. The molecule has 6 N–H and O–H groups in total. The molecule has 1 heterocycles. The Morgan fingerprint density at radius 3 is 1.00 bits per heavy atom. The number of aliphatic hydroxyl groups excluding tert-OH is 3. The highest BCUT2D eigenvalue weighted by Crippen LogP contribution is 2.61. The molecule has 0 aromatic carbocycles. The molecule has 13 nitrogen and oxygen atoms in total. The van der Waals surface area contributed by atoms with Crippen molar-refractivity contribution in [3.63, 3.8) is 0 Å². The van der Waals surface area contributed by atoms with Gasteiger partial charge in [-0.25, -0.2) is 9.13 Å². The summed E-state index contributed by atoms with van der Waals surface area (Å²) < 4.78 is 44.4. The molecule has 0 aliphatic carbocycles. The van der Waals surface area contributed by atoms with Gasteiger partial charge in [-0.15, -0.1) is 0 Å². The van der Waals surface area contributed by atoms with E-state index in [-0.39, 0.29) is 0 Å². The van der Waals surface area contributed by atoms with Crippen LogP contribution in [-0.4, -0.2) is 74.9 Å². The van der Waals surface area contributed by atoms with E-state index in [2.05, 4.69) is 147 Å². The van der Waals surface area contributed by atoms with Crippen molar-refractivity contribution in [1.82, 2.24) is 5.32 Å². The molecule has 0 saturated carbocycles. The van der Waals surface area contributed by atoms with Crippen LogP contribution in [0, 0.1) is 0 Å². The summed E-state index contributed by atoms with van der Waals surface area (Å²) in [4.78, 5) is 31.9. The Morgan fingerprint density at radius 2 is 0.731 bits per heavy atom. The lowest BCUT2D eigenvalue weighted by Gasteiger charge is -2.42. The van der Waals surface area contributed by atoms with Crippen molar-refractivity contribution in [2.45, 2.75) is 249 Å². The highest BCUT2D eigenvalue weighted by Gasteiger charge is 2.49. The summed E-state index contributed by atoms with van der Waals surface area (Å²) in [6.07, 6.45) is 39.6. The molecule has 1 rings (SSSR count). The molecule has 1 aliphatic heterocycles. The third-order valence-corrected chi connectivity index (χ3v) is 16.3. The maximum Gasteiger partial charge on any atom is 0.483 e. The zero-order valence-corrected chi connectivity index (χ0v) is 52.1. The standard InChI is InChI=1S/C63H105NO12P2/c1-47(2)24-14-25-48(3)26-15-27-49(4)28-16-29-50(5)30-17-31-51(6)32-18-33-52(7)34-19-35-53(8)36-20-37-54(9)38-21-39-55(10)40-22-41-56(11)42-23-43-57(12)44-45-73-77(69,70)76-78(71,72)75-63-60(64-58(13)66)62(68)61(67)59(46-65)74-63/h24,26,28,30,32,34,36,38,40,42,44,59-63,65,67-68H,14-23,25,27,29,31,33,35,37,39,41,43,45-46H2,1-13H3,(H,64,66)(H,69,70)(H,71,72)/b48-26+,49-28+,50-30-,51-32-,52-34-,53-36-,54-38-,55-40-,56-42-,57-44-/t59-,60-,61-,62-,63?/m1/s1. The van der Waals surface area contributed by atoms with Crippen LogP contribution in [0.5, 0.6) is 0 Å². The maximum atomic E-state index is 12.6. The Morgan fingerprint density at radius 1 is 0.449 bits per heavy atom. The molecule has 0 radical (unpaired) electrons.